The minimum absolute atomic E-state index is 0.00113. The predicted molar refractivity (Wildman–Crippen MR) is 111 cm³/mol. The zero-order valence-corrected chi connectivity index (χ0v) is 18.2. The summed E-state index contributed by atoms with van der Waals surface area (Å²) in [6.07, 6.45) is -0.750. The number of alkyl halides is 1. The highest BCUT2D eigenvalue weighted by molar-refractivity contribution is 5.87. The standard InChI is InChI=1S/C21H32F2N4O3/c1-13(14-6-7-17(24)16(23)10-14)18(25-20(29)30-21(2,3)4)19(28)27-9-8-26(5)15(11-22)12-27/h6-7,10,13,15,18H,8-9,11-12,24H2,1-5H3,(H,25,29)/t13-,15+,18+/m0/s1. The molecule has 7 nitrogen and oxygen atoms in total. The third-order valence-corrected chi connectivity index (χ3v) is 5.26. The van der Waals surface area contributed by atoms with E-state index in [1.54, 1.807) is 33.8 Å². The fraction of sp³-hybridized carbons (Fsp3) is 0.619. The van der Waals surface area contributed by atoms with Gasteiger partial charge in [-0.3, -0.25) is 9.69 Å². The van der Waals surface area contributed by atoms with Crippen molar-refractivity contribution in [2.45, 2.75) is 51.3 Å². The molecule has 1 aromatic carbocycles. The van der Waals surface area contributed by atoms with E-state index >= 15 is 0 Å². The van der Waals surface area contributed by atoms with E-state index < -0.39 is 42.2 Å². The SMILES string of the molecule is C[C@@H](c1ccc(N)c(F)c1)[C@@H](NC(=O)OC(C)(C)C)C(=O)N1CCN(C)[C@H](CF)C1. The number of nitrogens with zero attached hydrogens (tertiary/aromatic N) is 2. The number of halogens is 2. The number of nitrogens with one attached hydrogen (secondary N) is 1. The number of alkyl carbamates (subject to hydrolysis) is 1. The number of nitrogen functional groups attached to an aromatic ring is 1. The Bertz CT molecular complexity index is 769. The largest absolute Gasteiger partial charge is 0.444 e. The molecule has 9 heteroatoms. The summed E-state index contributed by atoms with van der Waals surface area (Å²) in [5.41, 5.74) is 5.31. The minimum Gasteiger partial charge on any atom is -0.444 e. The molecular formula is C21H32F2N4O3. The van der Waals surface area contributed by atoms with Gasteiger partial charge in [-0.2, -0.15) is 0 Å². The molecule has 2 rings (SSSR count). The van der Waals surface area contributed by atoms with Gasteiger partial charge < -0.3 is 20.7 Å². The predicted octanol–water partition coefficient (Wildman–Crippen LogP) is 2.52. The van der Waals surface area contributed by atoms with Crippen LogP contribution in [0.25, 0.3) is 0 Å². The minimum atomic E-state index is -1.01. The van der Waals surface area contributed by atoms with Crippen molar-refractivity contribution < 1.29 is 23.1 Å². The van der Waals surface area contributed by atoms with Gasteiger partial charge in [-0.05, 0) is 45.5 Å². The zero-order valence-electron chi connectivity index (χ0n) is 18.2. The first-order valence-corrected chi connectivity index (χ1v) is 10.0. The van der Waals surface area contributed by atoms with Crippen LogP contribution in [0.3, 0.4) is 0 Å². The second kappa shape index (κ2) is 9.59. The van der Waals surface area contributed by atoms with E-state index in [4.69, 9.17) is 10.5 Å². The molecule has 2 amide bonds. The third-order valence-electron chi connectivity index (χ3n) is 5.26. The molecule has 0 bridgehead atoms. The Morgan fingerprint density at radius 1 is 1.33 bits per heavy atom. The summed E-state index contributed by atoms with van der Waals surface area (Å²) in [6, 6.07) is 2.88. The molecule has 0 spiro atoms. The van der Waals surface area contributed by atoms with E-state index in [1.165, 1.54) is 17.0 Å². The Kier molecular flexibility index (Phi) is 7.63. The molecule has 1 aliphatic heterocycles. The van der Waals surface area contributed by atoms with E-state index in [0.717, 1.165) is 0 Å². The maximum atomic E-state index is 14.0. The Labute approximate surface area is 176 Å². The summed E-state index contributed by atoms with van der Waals surface area (Å²) in [7, 11) is 1.81. The van der Waals surface area contributed by atoms with Crippen molar-refractivity contribution in [3.8, 4) is 0 Å². The van der Waals surface area contributed by atoms with Gasteiger partial charge in [0.25, 0.3) is 0 Å². The monoisotopic (exact) mass is 426 g/mol. The van der Waals surface area contributed by atoms with E-state index in [1.807, 2.05) is 11.9 Å². The Balaban J connectivity index is 2.28. The van der Waals surface area contributed by atoms with Crippen molar-refractivity contribution in [2.75, 3.05) is 39.1 Å². The lowest BCUT2D eigenvalue weighted by molar-refractivity contribution is -0.137. The summed E-state index contributed by atoms with van der Waals surface area (Å²) in [5.74, 6) is -1.53. The average molecular weight is 427 g/mol. The first-order valence-electron chi connectivity index (χ1n) is 10.0. The Hall–Kier alpha value is -2.42. The number of carbonyl (C=O) groups excluding carboxylic acids is 2. The highest BCUT2D eigenvalue weighted by Gasteiger charge is 2.36. The number of nitrogens with two attached hydrogens (primary N) is 1. The fourth-order valence-electron chi connectivity index (χ4n) is 3.36. The highest BCUT2D eigenvalue weighted by Crippen LogP contribution is 2.25. The number of carbonyl (C=O) groups is 2. The van der Waals surface area contributed by atoms with Crippen LogP contribution in [0.4, 0.5) is 19.3 Å². The van der Waals surface area contributed by atoms with E-state index in [2.05, 4.69) is 5.32 Å². The van der Waals surface area contributed by atoms with Crippen LogP contribution in [0, 0.1) is 5.82 Å². The molecule has 168 valence electrons. The van der Waals surface area contributed by atoms with Crippen molar-refractivity contribution in [3.63, 3.8) is 0 Å². The van der Waals surface area contributed by atoms with Gasteiger partial charge in [-0.1, -0.05) is 13.0 Å². The van der Waals surface area contributed by atoms with Crippen LogP contribution in [-0.4, -0.2) is 72.8 Å². The Morgan fingerprint density at radius 2 is 2.00 bits per heavy atom. The van der Waals surface area contributed by atoms with Gasteiger partial charge in [0.2, 0.25) is 5.91 Å². The summed E-state index contributed by atoms with van der Waals surface area (Å²) >= 11 is 0. The molecule has 30 heavy (non-hydrogen) atoms. The van der Waals surface area contributed by atoms with Crippen molar-refractivity contribution in [2.24, 2.45) is 0 Å². The third kappa shape index (κ3) is 6.04. The molecule has 0 aromatic heterocycles. The number of hydrogen-bond donors (Lipinski definition) is 2. The van der Waals surface area contributed by atoms with Gasteiger partial charge in [0.15, 0.2) is 0 Å². The van der Waals surface area contributed by atoms with E-state index in [0.29, 0.717) is 18.7 Å². The molecule has 1 heterocycles. The molecule has 1 saturated heterocycles. The van der Waals surface area contributed by atoms with E-state index in [-0.39, 0.29) is 18.1 Å². The van der Waals surface area contributed by atoms with Gasteiger partial charge in [-0.25, -0.2) is 13.6 Å². The zero-order chi connectivity index (χ0) is 22.6. The van der Waals surface area contributed by atoms with Crippen molar-refractivity contribution >= 4 is 17.7 Å². The summed E-state index contributed by atoms with van der Waals surface area (Å²) in [4.78, 5) is 29.1. The first-order chi connectivity index (χ1) is 13.9. The lowest BCUT2D eigenvalue weighted by atomic mass is 9.91. The van der Waals surface area contributed by atoms with Crippen LogP contribution < -0.4 is 11.1 Å². The average Bonchev–Trinajstić information content (AvgIpc) is 2.66. The number of likely N-dealkylation sites (N-methyl/N-ethyl adjacent to an activating group) is 1. The number of piperazine rings is 1. The molecule has 1 aliphatic rings. The first kappa shape index (κ1) is 23.9. The van der Waals surface area contributed by atoms with Crippen LogP contribution in [0.2, 0.25) is 0 Å². The van der Waals surface area contributed by atoms with Gasteiger partial charge in [0.1, 0.15) is 24.1 Å². The number of amides is 2. The molecule has 0 saturated carbocycles. The van der Waals surface area contributed by atoms with Gasteiger partial charge in [-0.15, -0.1) is 0 Å². The normalized spacial score (nSPS) is 19.8. The molecule has 0 unspecified atom stereocenters. The molecule has 0 radical (unpaired) electrons. The van der Waals surface area contributed by atoms with Crippen LogP contribution >= 0.6 is 0 Å². The van der Waals surface area contributed by atoms with Crippen LogP contribution in [0.1, 0.15) is 39.2 Å². The van der Waals surface area contributed by atoms with Crippen LogP contribution in [0.5, 0.6) is 0 Å². The molecule has 3 atom stereocenters. The highest BCUT2D eigenvalue weighted by atomic mass is 19.1. The summed E-state index contributed by atoms with van der Waals surface area (Å²) in [6.45, 7) is 7.42. The number of anilines is 1. The second-order valence-corrected chi connectivity index (χ2v) is 8.77. The smallest absolute Gasteiger partial charge is 0.408 e. The quantitative estimate of drug-likeness (QED) is 0.707. The number of ether oxygens (including phenoxy) is 1. The fourth-order valence-corrected chi connectivity index (χ4v) is 3.36. The van der Waals surface area contributed by atoms with Gasteiger partial charge in [0, 0.05) is 25.6 Å². The number of rotatable bonds is 5. The molecule has 1 aromatic rings. The van der Waals surface area contributed by atoms with Crippen molar-refractivity contribution in [3.05, 3.63) is 29.6 Å². The van der Waals surface area contributed by atoms with Crippen molar-refractivity contribution in [1.29, 1.82) is 0 Å². The molecule has 1 fully saturated rings. The summed E-state index contributed by atoms with van der Waals surface area (Å²) < 4.78 is 32.7. The molecule has 3 N–H and O–H groups in total. The Morgan fingerprint density at radius 3 is 2.57 bits per heavy atom. The lowest BCUT2D eigenvalue weighted by Gasteiger charge is -2.40. The number of benzene rings is 1. The van der Waals surface area contributed by atoms with Gasteiger partial charge in [0.05, 0.1) is 11.7 Å². The summed E-state index contributed by atoms with van der Waals surface area (Å²) in [5, 5.41) is 2.63. The van der Waals surface area contributed by atoms with Crippen LogP contribution in [-0.2, 0) is 9.53 Å². The number of hydrogen-bond acceptors (Lipinski definition) is 5. The van der Waals surface area contributed by atoms with Crippen LogP contribution in [0.15, 0.2) is 18.2 Å². The van der Waals surface area contributed by atoms with Crippen molar-refractivity contribution in [1.82, 2.24) is 15.1 Å². The second-order valence-electron chi connectivity index (χ2n) is 8.77. The molecular weight excluding hydrogens is 394 g/mol. The lowest BCUT2D eigenvalue weighted by Crippen LogP contribution is -2.59. The topological polar surface area (TPSA) is 87.9 Å². The molecule has 0 aliphatic carbocycles. The maximum absolute atomic E-state index is 14.0. The van der Waals surface area contributed by atoms with Gasteiger partial charge >= 0.3 is 6.09 Å². The maximum Gasteiger partial charge on any atom is 0.408 e. The van der Waals surface area contributed by atoms with E-state index in [9.17, 15) is 18.4 Å².